The number of benzene rings is 4. The third kappa shape index (κ3) is 3.37. The van der Waals surface area contributed by atoms with Gasteiger partial charge in [-0.05, 0) is 39.6 Å². The van der Waals surface area contributed by atoms with Crippen molar-refractivity contribution in [3.63, 3.8) is 0 Å². The Kier molecular flexibility index (Phi) is 4.30. The van der Waals surface area contributed by atoms with Gasteiger partial charge in [0.15, 0.2) is 0 Å². The zero-order valence-corrected chi connectivity index (χ0v) is 15.7. The quantitative estimate of drug-likeness (QED) is 0.303. The molecular formula is C27H18O2. The van der Waals surface area contributed by atoms with Crippen LogP contribution in [-0.4, -0.2) is 5.97 Å². The molecule has 0 bridgehead atoms. The zero-order valence-electron chi connectivity index (χ0n) is 15.7. The SMILES string of the molecule is O=C1OC(c2ccc(-c3ccccc3)cc2)=CC1=Cc1cccc2ccccc12. The van der Waals surface area contributed by atoms with Crippen molar-refractivity contribution in [3.05, 3.63) is 120 Å². The van der Waals surface area contributed by atoms with Gasteiger partial charge >= 0.3 is 5.97 Å². The molecule has 0 radical (unpaired) electrons. The summed E-state index contributed by atoms with van der Waals surface area (Å²) in [6.07, 6.45) is 3.72. The van der Waals surface area contributed by atoms with Crippen LogP contribution in [0.1, 0.15) is 11.1 Å². The number of hydrogen-bond donors (Lipinski definition) is 0. The molecule has 0 spiro atoms. The van der Waals surface area contributed by atoms with E-state index in [1.165, 1.54) is 0 Å². The van der Waals surface area contributed by atoms with Crippen molar-refractivity contribution >= 4 is 28.6 Å². The highest BCUT2D eigenvalue weighted by Gasteiger charge is 2.22. The number of hydrogen-bond acceptors (Lipinski definition) is 2. The van der Waals surface area contributed by atoms with Crippen molar-refractivity contribution in [2.75, 3.05) is 0 Å². The predicted molar refractivity (Wildman–Crippen MR) is 118 cm³/mol. The first-order valence-corrected chi connectivity index (χ1v) is 9.57. The van der Waals surface area contributed by atoms with Crippen molar-refractivity contribution in [1.82, 2.24) is 0 Å². The average Bonchev–Trinajstić information content (AvgIpc) is 3.15. The predicted octanol–water partition coefficient (Wildman–Crippen LogP) is 6.49. The molecular weight excluding hydrogens is 356 g/mol. The summed E-state index contributed by atoms with van der Waals surface area (Å²) in [6.45, 7) is 0. The lowest BCUT2D eigenvalue weighted by molar-refractivity contribution is -0.130. The molecule has 0 unspecified atom stereocenters. The lowest BCUT2D eigenvalue weighted by Gasteiger charge is -2.05. The molecule has 138 valence electrons. The van der Waals surface area contributed by atoms with Gasteiger partial charge in [-0.2, -0.15) is 0 Å². The first-order chi connectivity index (χ1) is 14.3. The molecule has 0 N–H and O–H groups in total. The topological polar surface area (TPSA) is 26.3 Å². The molecule has 29 heavy (non-hydrogen) atoms. The van der Waals surface area contributed by atoms with E-state index in [0.29, 0.717) is 11.3 Å². The summed E-state index contributed by atoms with van der Waals surface area (Å²) in [5.74, 6) is 0.265. The van der Waals surface area contributed by atoms with Gasteiger partial charge in [0.1, 0.15) is 5.76 Å². The highest BCUT2D eigenvalue weighted by Crippen LogP contribution is 2.30. The monoisotopic (exact) mass is 374 g/mol. The smallest absolute Gasteiger partial charge is 0.343 e. The molecule has 0 fully saturated rings. The standard InChI is InChI=1S/C27H18O2/c28-27-24(17-23-11-6-10-21-9-4-5-12-25(21)23)18-26(29-27)22-15-13-20(14-16-22)19-7-2-1-3-8-19/h1-18H. The molecule has 4 aromatic carbocycles. The van der Waals surface area contributed by atoms with E-state index in [1.807, 2.05) is 78.9 Å². The molecule has 1 aliphatic rings. The summed E-state index contributed by atoms with van der Waals surface area (Å²) in [5.41, 5.74) is 4.74. The maximum absolute atomic E-state index is 12.4. The first kappa shape index (κ1) is 17.2. The molecule has 2 nitrogen and oxygen atoms in total. The van der Waals surface area contributed by atoms with Crippen molar-refractivity contribution in [2.24, 2.45) is 0 Å². The lowest BCUT2D eigenvalue weighted by Crippen LogP contribution is -1.97. The van der Waals surface area contributed by atoms with Crippen molar-refractivity contribution in [1.29, 1.82) is 0 Å². The second-order valence-electron chi connectivity index (χ2n) is 7.01. The summed E-state index contributed by atoms with van der Waals surface area (Å²) < 4.78 is 5.54. The Bertz CT molecular complexity index is 1260. The van der Waals surface area contributed by atoms with Crippen LogP contribution in [0.3, 0.4) is 0 Å². The lowest BCUT2D eigenvalue weighted by atomic mass is 10.0. The minimum atomic E-state index is -0.319. The Morgan fingerprint density at radius 3 is 2.10 bits per heavy atom. The number of ether oxygens (including phenoxy) is 1. The van der Waals surface area contributed by atoms with E-state index >= 15 is 0 Å². The summed E-state index contributed by atoms with van der Waals surface area (Å²) in [7, 11) is 0. The number of rotatable bonds is 3. The molecule has 0 saturated carbocycles. The number of cyclic esters (lactones) is 1. The van der Waals surface area contributed by atoms with Gasteiger partial charge in [-0.3, -0.25) is 0 Å². The van der Waals surface area contributed by atoms with E-state index in [2.05, 4.69) is 30.3 Å². The Labute approximate surface area is 169 Å². The molecule has 1 heterocycles. The summed E-state index contributed by atoms with van der Waals surface area (Å²) in [4.78, 5) is 12.4. The fraction of sp³-hybridized carbons (Fsp3) is 0. The van der Waals surface area contributed by atoms with Crippen LogP contribution >= 0.6 is 0 Å². The van der Waals surface area contributed by atoms with Crippen LogP contribution in [0.2, 0.25) is 0 Å². The number of carbonyl (C=O) groups excluding carboxylic acids is 1. The number of carbonyl (C=O) groups is 1. The third-order valence-electron chi connectivity index (χ3n) is 5.14. The van der Waals surface area contributed by atoms with Crippen molar-refractivity contribution in [3.8, 4) is 11.1 Å². The van der Waals surface area contributed by atoms with Crippen molar-refractivity contribution in [2.45, 2.75) is 0 Å². The fourth-order valence-electron chi connectivity index (χ4n) is 3.63. The summed E-state index contributed by atoms with van der Waals surface area (Å²) >= 11 is 0. The minimum absolute atomic E-state index is 0.319. The van der Waals surface area contributed by atoms with Gasteiger partial charge in [0.25, 0.3) is 0 Å². The molecule has 0 saturated heterocycles. The van der Waals surface area contributed by atoms with Gasteiger partial charge in [-0.1, -0.05) is 97.1 Å². The van der Waals surface area contributed by atoms with Crippen molar-refractivity contribution < 1.29 is 9.53 Å². The molecule has 0 aromatic heterocycles. The highest BCUT2D eigenvalue weighted by molar-refractivity contribution is 6.06. The zero-order chi connectivity index (χ0) is 19.6. The number of fused-ring (bicyclic) bond motifs is 1. The Hall–Kier alpha value is -3.91. The van der Waals surface area contributed by atoms with Gasteiger partial charge in [0.05, 0.1) is 5.57 Å². The fourth-order valence-corrected chi connectivity index (χ4v) is 3.63. The summed E-state index contributed by atoms with van der Waals surface area (Å²) in [6, 6.07) is 32.5. The highest BCUT2D eigenvalue weighted by atomic mass is 16.5. The molecule has 0 amide bonds. The Morgan fingerprint density at radius 2 is 1.28 bits per heavy atom. The van der Waals surface area contributed by atoms with Crippen LogP contribution in [0.25, 0.3) is 33.7 Å². The van der Waals surface area contributed by atoms with Crippen LogP contribution < -0.4 is 0 Å². The molecule has 2 heteroatoms. The van der Waals surface area contributed by atoms with E-state index < -0.39 is 0 Å². The summed E-state index contributed by atoms with van der Waals surface area (Å²) in [5, 5.41) is 2.26. The maximum atomic E-state index is 12.4. The molecule has 5 rings (SSSR count). The van der Waals surface area contributed by atoms with E-state index in [0.717, 1.165) is 33.0 Å². The van der Waals surface area contributed by atoms with E-state index in [4.69, 9.17) is 4.74 Å². The van der Waals surface area contributed by atoms with Crippen LogP contribution in [0.15, 0.2) is 109 Å². The van der Waals surface area contributed by atoms with Crippen LogP contribution in [0, 0.1) is 0 Å². The van der Waals surface area contributed by atoms with E-state index in [9.17, 15) is 4.79 Å². The largest absolute Gasteiger partial charge is 0.422 e. The van der Waals surface area contributed by atoms with Crippen LogP contribution in [0.5, 0.6) is 0 Å². The normalized spacial score (nSPS) is 14.8. The Morgan fingerprint density at radius 1 is 0.621 bits per heavy atom. The molecule has 0 atom stereocenters. The van der Waals surface area contributed by atoms with Gasteiger partial charge in [-0.15, -0.1) is 0 Å². The van der Waals surface area contributed by atoms with Gasteiger partial charge in [0.2, 0.25) is 0 Å². The second kappa shape index (κ2) is 7.25. The van der Waals surface area contributed by atoms with Gasteiger partial charge < -0.3 is 4.74 Å². The Balaban J connectivity index is 1.48. The number of esters is 1. The van der Waals surface area contributed by atoms with Crippen LogP contribution in [-0.2, 0) is 9.53 Å². The molecule has 1 aliphatic heterocycles. The van der Waals surface area contributed by atoms with E-state index in [-0.39, 0.29) is 5.97 Å². The van der Waals surface area contributed by atoms with Gasteiger partial charge in [0, 0.05) is 5.56 Å². The second-order valence-corrected chi connectivity index (χ2v) is 7.01. The van der Waals surface area contributed by atoms with E-state index in [1.54, 1.807) is 0 Å². The average molecular weight is 374 g/mol. The molecule has 0 aliphatic carbocycles. The molecule has 4 aromatic rings. The maximum Gasteiger partial charge on any atom is 0.343 e. The first-order valence-electron chi connectivity index (χ1n) is 9.57. The van der Waals surface area contributed by atoms with Gasteiger partial charge in [-0.25, -0.2) is 4.79 Å². The third-order valence-corrected chi connectivity index (χ3v) is 5.14. The minimum Gasteiger partial charge on any atom is -0.422 e. The van der Waals surface area contributed by atoms with Crippen LogP contribution in [0.4, 0.5) is 0 Å².